The zero-order chi connectivity index (χ0) is 28.3. The van der Waals surface area contributed by atoms with Crippen molar-refractivity contribution in [3.63, 3.8) is 0 Å². The normalized spacial score (nSPS) is 34.7. The number of benzene rings is 2. The van der Waals surface area contributed by atoms with E-state index in [-0.39, 0.29) is 0 Å². The van der Waals surface area contributed by atoms with Gasteiger partial charge in [0.15, 0.2) is 0 Å². The van der Waals surface area contributed by atoms with Crippen molar-refractivity contribution in [2.24, 2.45) is 23.7 Å². The molecule has 1 heterocycles. The van der Waals surface area contributed by atoms with Crippen molar-refractivity contribution >= 4 is 10.8 Å². The fourth-order valence-electron chi connectivity index (χ4n) is 11.0. The largest absolute Gasteiger partial charge is 0.490 e. The van der Waals surface area contributed by atoms with Crippen LogP contribution in [0.15, 0.2) is 83.7 Å². The van der Waals surface area contributed by atoms with Gasteiger partial charge in [0.25, 0.3) is 0 Å². The lowest BCUT2D eigenvalue weighted by atomic mass is 9.64. The summed E-state index contributed by atoms with van der Waals surface area (Å²) in [6, 6.07) is 9.66. The zero-order valence-corrected chi connectivity index (χ0v) is 25.9. The zero-order valence-electron chi connectivity index (χ0n) is 25.9. The van der Waals surface area contributed by atoms with Crippen LogP contribution < -0.4 is 0 Å². The van der Waals surface area contributed by atoms with Crippen LogP contribution in [0.2, 0.25) is 0 Å². The smallest absolute Gasteiger partial charge is 0.119 e. The molecule has 222 valence electrons. The van der Waals surface area contributed by atoms with Gasteiger partial charge in [0.2, 0.25) is 0 Å². The first-order chi connectivity index (χ1) is 21.3. The van der Waals surface area contributed by atoms with Crippen LogP contribution in [0, 0.1) is 23.7 Å². The van der Waals surface area contributed by atoms with Gasteiger partial charge in [0.1, 0.15) is 11.9 Å². The van der Waals surface area contributed by atoms with Gasteiger partial charge in [-0.05, 0) is 164 Å². The molecule has 2 aromatic carbocycles. The average molecular weight is 569 g/mol. The fraction of sp³-hybridized carbons (Fsp3) is 0.524. The lowest BCUT2D eigenvalue weighted by Gasteiger charge is -2.40. The van der Waals surface area contributed by atoms with Gasteiger partial charge in [-0.15, -0.1) is 0 Å². The molecule has 0 spiro atoms. The molecule has 7 aliphatic rings. The molecule has 1 heteroatoms. The van der Waals surface area contributed by atoms with E-state index in [1.807, 2.05) is 0 Å². The highest BCUT2D eigenvalue weighted by molar-refractivity contribution is 5.92. The maximum Gasteiger partial charge on any atom is 0.119 e. The topological polar surface area (TPSA) is 9.23 Å². The van der Waals surface area contributed by atoms with Crippen LogP contribution in [-0.4, -0.2) is 6.10 Å². The minimum Gasteiger partial charge on any atom is -0.490 e. The van der Waals surface area contributed by atoms with Gasteiger partial charge in [-0.25, -0.2) is 0 Å². The van der Waals surface area contributed by atoms with Crippen molar-refractivity contribution in [2.45, 2.75) is 114 Å². The van der Waals surface area contributed by atoms with Crippen LogP contribution in [-0.2, 0) is 17.6 Å². The highest BCUT2D eigenvalue weighted by Gasteiger charge is 2.42. The minimum atomic E-state index is 0.424. The Bertz CT molecular complexity index is 1580. The maximum absolute atomic E-state index is 6.51. The molecule has 2 fully saturated rings. The second-order valence-electron chi connectivity index (χ2n) is 14.9. The summed E-state index contributed by atoms with van der Waals surface area (Å²) >= 11 is 0. The van der Waals surface area contributed by atoms with Crippen LogP contribution >= 0.6 is 0 Å². The van der Waals surface area contributed by atoms with Gasteiger partial charge >= 0.3 is 0 Å². The van der Waals surface area contributed by atoms with E-state index in [9.17, 15) is 0 Å². The van der Waals surface area contributed by atoms with E-state index < -0.39 is 0 Å². The summed E-state index contributed by atoms with van der Waals surface area (Å²) in [6.45, 7) is 0. The molecule has 0 bridgehead atoms. The Balaban J connectivity index is 1.07. The van der Waals surface area contributed by atoms with Gasteiger partial charge in [-0.1, -0.05) is 72.7 Å². The molecule has 2 aromatic rings. The molecule has 0 N–H and O–H groups in total. The molecule has 7 atom stereocenters. The molecule has 1 nitrogen and oxygen atoms in total. The first-order valence-corrected chi connectivity index (χ1v) is 18.0. The standard InChI is InChI=1S/C42H48O/c1-2-12-31-27(10-1)11-9-18-32(31)28-20-22-29(23-21-28)41-34-14-3-5-16-36(34)42(37-17-6-4-15-35(37)41)30-24-25-40-38(26-30)33-13-7-8-19-39(33)43-40/h1-3,5,8,10,12,14,16,19-20,27,29-32,38,40H,4,6-7,9,11,13,15,17-18,21-26H2. The monoisotopic (exact) mass is 568 g/mol. The summed E-state index contributed by atoms with van der Waals surface area (Å²) in [7, 11) is 0. The van der Waals surface area contributed by atoms with E-state index in [4.69, 9.17) is 4.74 Å². The van der Waals surface area contributed by atoms with E-state index in [1.165, 1.54) is 102 Å². The molecular formula is C42H48O. The number of ether oxygens (including phenoxy) is 1. The van der Waals surface area contributed by atoms with Gasteiger partial charge in [0.05, 0.1) is 0 Å². The number of allylic oxidation sites excluding steroid dienone is 8. The van der Waals surface area contributed by atoms with E-state index >= 15 is 0 Å². The molecule has 2 saturated carbocycles. The number of fused-ring (bicyclic) bond motifs is 5. The van der Waals surface area contributed by atoms with Gasteiger partial charge in [-0.2, -0.15) is 0 Å². The fourth-order valence-corrected chi connectivity index (χ4v) is 11.0. The van der Waals surface area contributed by atoms with Crippen molar-refractivity contribution in [3.05, 3.63) is 106 Å². The van der Waals surface area contributed by atoms with Crippen LogP contribution in [0.25, 0.3) is 10.8 Å². The molecule has 1 aliphatic heterocycles. The third kappa shape index (κ3) is 4.47. The Kier molecular flexibility index (Phi) is 6.79. The van der Waals surface area contributed by atoms with Crippen molar-refractivity contribution in [3.8, 4) is 0 Å². The second-order valence-corrected chi connectivity index (χ2v) is 14.9. The van der Waals surface area contributed by atoms with Crippen LogP contribution in [0.1, 0.15) is 118 Å². The first kappa shape index (κ1) is 26.6. The highest BCUT2D eigenvalue weighted by Crippen LogP contribution is 2.53. The van der Waals surface area contributed by atoms with Crippen LogP contribution in [0.3, 0.4) is 0 Å². The minimum absolute atomic E-state index is 0.424. The predicted octanol–water partition coefficient (Wildman–Crippen LogP) is 11.0. The molecule has 0 saturated heterocycles. The summed E-state index contributed by atoms with van der Waals surface area (Å²) in [5, 5.41) is 3.20. The van der Waals surface area contributed by atoms with Crippen LogP contribution in [0.4, 0.5) is 0 Å². The Labute approximate surface area is 258 Å². The lowest BCUT2D eigenvalue weighted by molar-refractivity contribution is 0.0808. The SMILES string of the molecule is C1=CC2CCCC(C3=CCC(c4c5c(c(C6CCC7OC8=C(CCC=C8)C7C6)c6ccccc46)CCCC5)CC3)C2C=C1. The summed E-state index contributed by atoms with van der Waals surface area (Å²) in [5.74, 6) is 5.50. The molecule has 0 amide bonds. The Hall–Kier alpha value is -2.80. The van der Waals surface area contributed by atoms with Gasteiger partial charge in [0, 0.05) is 5.92 Å². The van der Waals surface area contributed by atoms with Crippen molar-refractivity contribution < 1.29 is 4.74 Å². The van der Waals surface area contributed by atoms with E-state index in [1.54, 1.807) is 44.2 Å². The van der Waals surface area contributed by atoms with E-state index in [2.05, 4.69) is 66.8 Å². The number of hydrogen-bond acceptors (Lipinski definition) is 1. The quantitative estimate of drug-likeness (QED) is 0.335. The molecule has 0 aromatic heterocycles. The lowest BCUT2D eigenvalue weighted by Crippen LogP contribution is -2.29. The predicted molar refractivity (Wildman–Crippen MR) is 178 cm³/mol. The first-order valence-electron chi connectivity index (χ1n) is 18.0. The molecule has 0 radical (unpaired) electrons. The van der Waals surface area contributed by atoms with Crippen molar-refractivity contribution in [2.75, 3.05) is 0 Å². The summed E-state index contributed by atoms with van der Waals surface area (Å²) in [6.07, 6.45) is 37.0. The highest BCUT2D eigenvalue weighted by atomic mass is 16.5. The number of rotatable bonds is 3. The molecule has 43 heavy (non-hydrogen) atoms. The average Bonchev–Trinajstić information content (AvgIpc) is 3.45. The molecular weight excluding hydrogens is 520 g/mol. The van der Waals surface area contributed by atoms with Gasteiger partial charge in [-0.3, -0.25) is 0 Å². The van der Waals surface area contributed by atoms with E-state index in [0.29, 0.717) is 23.9 Å². The third-order valence-electron chi connectivity index (χ3n) is 12.9. The number of hydrogen-bond donors (Lipinski definition) is 0. The van der Waals surface area contributed by atoms with Gasteiger partial charge < -0.3 is 4.74 Å². The third-order valence-corrected chi connectivity index (χ3v) is 12.9. The molecule has 6 aliphatic carbocycles. The Morgan fingerprint density at radius 1 is 0.698 bits per heavy atom. The molecule has 9 rings (SSSR count). The second kappa shape index (κ2) is 11.0. The maximum atomic E-state index is 6.51. The Morgan fingerprint density at radius 3 is 2.33 bits per heavy atom. The van der Waals surface area contributed by atoms with Crippen molar-refractivity contribution in [1.29, 1.82) is 0 Å². The van der Waals surface area contributed by atoms with E-state index in [0.717, 1.165) is 17.8 Å². The Morgan fingerprint density at radius 2 is 1.51 bits per heavy atom. The van der Waals surface area contributed by atoms with Crippen molar-refractivity contribution in [1.82, 2.24) is 0 Å². The summed E-state index contributed by atoms with van der Waals surface area (Å²) in [4.78, 5) is 0. The molecule has 7 unspecified atom stereocenters. The summed E-state index contributed by atoms with van der Waals surface area (Å²) in [5.41, 5.74) is 10.5. The van der Waals surface area contributed by atoms with Crippen LogP contribution in [0.5, 0.6) is 0 Å². The summed E-state index contributed by atoms with van der Waals surface area (Å²) < 4.78 is 6.51.